The van der Waals surface area contributed by atoms with E-state index in [1.54, 1.807) is 24.3 Å². The third-order valence-corrected chi connectivity index (χ3v) is 6.36. The second kappa shape index (κ2) is 9.62. The summed E-state index contributed by atoms with van der Waals surface area (Å²) in [6.45, 7) is 4.66. The standard InChI is InChI=1S/C22H24ClN5O2S/c1-3-5-18-25-26-22-28(18)27-19(14-6-12-17(13-7-14)30-4-2)20(31-22)21(29)24-16-10-8-15(23)9-11-16/h6-13,19-20,27H,3-5H2,1-2H3,(H,24,29)/t19-,20-/m0/s1. The Morgan fingerprint density at radius 1 is 1.16 bits per heavy atom. The molecule has 31 heavy (non-hydrogen) atoms. The third kappa shape index (κ3) is 4.80. The minimum Gasteiger partial charge on any atom is -0.494 e. The van der Waals surface area contributed by atoms with Crippen LogP contribution in [-0.2, 0) is 11.2 Å². The lowest BCUT2D eigenvalue weighted by Gasteiger charge is -2.33. The van der Waals surface area contributed by atoms with Gasteiger partial charge < -0.3 is 15.5 Å². The van der Waals surface area contributed by atoms with E-state index < -0.39 is 5.25 Å². The van der Waals surface area contributed by atoms with Crippen LogP contribution in [0.3, 0.4) is 0 Å². The number of ether oxygens (including phenoxy) is 1. The molecule has 0 aliphatic carbocycles. The summed E-state index contributed by atoms with van der Waals surface area (Å²) in [5, 5.41) is 12.4. The van der Waals surface area contributed by atoms with Gasteiger partial charge >= 0.3 is 0 Å². The van der Waals surface area contributed by atoms with Gasteiger partial charge in [-0.05, 0) is 55.3 Å². The Hall–Kier alpha value is -2.71. The number of hydrogen-bond acceptors (Lipinski definition) is 6. The van der Waals surface area contributed by atoms with Crippen LogP contribution >= 0.6 is 23.4 Å². The van der Waals surface area contributed by atoms with Crippen molar-refractivity contribution >= 4 is 35.0 Å². The Kier molecular flexibility index (Phi) is 6.67. The fraction of sp³-hybridized carbons (Fsp3) is 0.318. The number of aryl methyl sites for hydroxylation is 1. The van der Waals surface area contributed by atoms with Gasteiger partial charge in [0.15, 0.2) is 5.82 Å². The van der Waals surface area contributed by atoms with Crippen molar-refractivity contribution in [1.82, 2.24) is 14.9 Å². The summed E-state index contributed by atoms with van der Waals surface area (Å²) in [6.07, 6.45) is 1.76. The first-order valence-corrected chi connectivity index (χ1v) is 11.5. The molecule has 4 rings (SSSR count). The molecule has 162 valence electrons. The van der Waals surface area contributed by atoms with Crippen LogP contribution in [0.15, 0.2) is 53.7 Å². The van der Waals surface area contributed by atoms with Crippen LogP contribution in [-0.4, -0.2) is 32.6 Å². The maximum Gasteiger partial charge on any atom is 0.240 e. The number of nitrogens with one attached hydrogen (secondary N) is 2. The first kappa shape index (κ1) is 21.5. The zero-order chi connectivity index (χ0) is 21.8. The number of halogens is 1. The summed E-state index contributed by atoms with van der Waals surface area (Å²) in [5.74, 6) is 1.54. The third-order valence-electron chi connectivity index (χ3n) is 4.90. The van der Waals surface area contributed by atoms with Crippen LogP contribution in [0, 0.1) is 0 Å². The molecule has 1 amide bonds. The fourth-order valence-electron chi connectivity index (χ4n) is 3.42. The number of amides is 1. The molecule has 3 aromatic rings. The topological polar surface area (TPSA) is 81.1 Å². The van der Waals surface area contributed by atoms with Crippen LogP contribution in [0.4, 0.5) is 5.69 Å². The van der Waals surface area contributed by atoms with Crippen molar-refractivity contribution in [3.05, 3.63) is 64.9 Å². The van der Waals surface area contributed by atoms with Crippen LogP contribution in [0.25, 0.3) is 0 Å². The van der Waals surface area contributed by atoms with Gasteiger partial charge in [-0.1, -0.05) is 42.4 Å². The highest BCUT2D eigenvalue weighted by Crippen LogP contribution is 2.38. The van der Waals surface area contributed by atoms with Gasteiger partial charge in [-0.15, -0.1) is 10.2 Å². The number of fused-ring (bicyclic) bond motifs is 1. The normalized spacial score (nSPS) is 17.5. The van der Waals surface area contributed by atoms with Gasteiger partial charge in [-0.3, -0.25) is 4.79 Å². The summed E-state index contributed by atoms with van der Waals surface area (Å²) >= 11 is 7.37. The zero-order valence-corrected chi connectivity index (χ0v) is 18.9. The molecule has 0 saturated heterocycles. The lowest BCUT2D eigenvalue weighted by Crippen LogP contribution is -2.41. The number of thioether (sulfide) groups is 1. The highest BCUT2D eigenvalue weighted by molar-refractivity contribution is 8.00. The molecule has 0 radical (unpaired) electrons. The number of carbonyl (C=O) groups is 1. The molecule has 2 N–H and O–H groups in total. The lowest BCUT2D eigenvalue weighted by molar-refractivity contribution is -0.116. The van der Waals surface area contributed by atoms with Crippen molar-refractivity contribution in [2.24, 2.45) is 0 Å². The van der Waals surface area contributed by atoms with Gasteiger partial charge in [0.25, 0.3) is 0 Å². The molecule has 0 unspecified atom stereocenters. The SMILES string of the molecule is CCCc1nnc2n1N[C@@H](c1ccc(OCC)cc1)[C@@H](C(=O)Nc1ccc(Cl)cc1)S2. The minimum atomic E-state index is -0.445. The molecule has 0 fully saturated rings. The molecule has 2 atom stereocenters. The van der Waals surface area contributed by atoms with Crippen LogP contribution < -0.4 is 15.5 Å². The van der Waals surface area contributed by atoms with Gasteiger partial charge in [-0.25, -0.2) is 4.68 Å². The van der Waals surface area contributed by atoms with E-state index in [1.165, 1.54) is 11.8 Å². The number of nitrogens with zero attached hydrogens (tertiary/aromatic N) is 3. The number of hydrogen-bond donors (Lipinski definition) is 2. The zero-order valence-electron chi connectivity index (χ0n) is 17.3. The summed E-state index contributed by atoms with van der Waals surface area (Å²) < 4.78 is 7.47. The van der Waals surface area contributed by atoms with E-state index in [0.29, 0.717) is 22.5 Å². The lowest BCUT2D eigenvalue weighted by atomic mass is 10.0. The maximum absolute atomic E-state index is 13.3. The molecule has 0 saturated carbocycles. The van der Waals surface area contributed by atoms with Crippen molar-refractivity contribution in [1.29, 1.82) is 0 Å². The van der Waals surface area contributed by atoms with Gasteiger partial charge in [0.1, 0.15) is 11.0 Å². The maximum atomic E-state index is 13.3. The molecule has 1 aromatic heterocycles. The Balaban J connectivity index is 1.64. The number of anilines is 1. The van der Waals surface area contributed by atoms with Crippen molar-refractivity contribution < 1.29 is 9.53 Å². The predicted molar refractivity (Wildman–Crippen MR) is 123 cm³/mol. The number of benzene rings is 2. The Morgan fingerprint density at radius 2 is 1.90 bits per heavy atom. The van der Waals surface area contributed by atoms with Crippen molar-refractivity contribution in [3.63, 3.8) is 0 Å². The summed E-state index contributed by atoms with van der Waals surface area (Å²) in [6, 6.07) is 14.6. The number of rotatable bonds is 7. The van der Waals surface area contributed by atoms with Crippen LogP contribution in [0.1, 0.15) is 37.7 Å². The molecule has 0 spiro atoms. The second-order valence-electron chi connectivity index (χ2n) is 7.13. The van der Waals surface area contributed by atoms with E-state index >= 15 is 0 Å². The second-order valence-corrected chi connectivity index (χ2v) is 8.67. The summed E-state index contributed by atoms with van der Waals surface area (Å²) in [5.41, 5.74) is 5.15. The van der Waals surface area contributed by atoms with Crippen molar-refractivity contribution in [2.75, 3.05) is 17.3 Å². The quantitative estimate of drug-likeness (QED) is 0.536. The van der Waals surface area contributed by atoms with Crippen molar-refractivity contribution in [3.8, 4) is 5.75 Å². The monoisotopic (exact) mass is 457 g/mol. The summed E-state index contributed by atoms with van der Waals surface area (Å²) in [7, 11) is 0. The first-order chi connectivity index (χ1) is 15.1. The van der Waals surface area contributed by atoms with E-state index in [2.05, 4.69) is 27.9 Å². The Bertz CT molecular complexity index is 1040. The van der Waals surface area contributed by atoms with Gasteiger partial charge in [-0.2, -0.15) is 0 Å². The van der Waals surface area contributed by atoms with Crippen LogP contribution in [0.5, 0.6) is 5.75 Å². The highest BCUT2D eigenvalue weighted by Gasteiger charge is 2.37. The molecular formula is C22H24ClN5O2S. The predicted octanol–water partition coefficient (Wildman–Crippen LogP) is 4.68. The average molecular weight is 458 g/mol. The van der Waals surface area contributed by atoms with E-state index in [0.717, 1.165) is 30.0 Å². The largest absolute Gasteiger partial charge is 0.494 e. The van der Waals surface area contributed by atoms with Gasteiger partial charge in [0.05, 0.1) is 12.6 Å². The van der Waals surface area contributed by atoms with E-state index in [4.69, 9.17) is 16.3 Å². The van der Waals surface area contributed by atoms with Gasteiger partial charge in [0.2, 0.25) is 11.1 Å². The molecule has 0 bridgehead atoms. The van der Waals surface area contributed by atoms with Gasteiger partial charge in [0, 0.05) is 17.1 Å². The molecular weight excluding hydrogens is 434 g/mol. The Morgan fingerprint density at radius 3 is 2.58 bits per heavy atom. The van der Waals surface area contributed by atoms with E-state index in [1.807, 2.05) is 35.9 Å². The van der Waals surface area contributed by atoms with E-state index in [9.17, 15) is 4.79 Å². The smallest absolute Gasteiger partial charge is 0.240 e. The number of carbonyl (C=O) groups excluding carboxylic acids is 1. The molecule has 9 heteroatoms. The highest BCUT2D eigenvalue weighted by atomic mass is 35.5. The first-order valence-electron chi connectivity index (χ1n) is 10.3. The fourth-order valence-corrected chi connectivity index (χ4v) is 4.64. The van der Waals surface area contributed by atoms with E-state index in [-0.39, 0.29) is 11.9 Å². The molecule has 7 nitrogen and oxygen atoms in total. The van der Waals surface area contributed by atoms with Crippen molar-refractivity contribution in [2.45, 2.75) is 43.1 Å². The van der Waals surface area contributed by atoms with Crippen LogP contribution in [0.2, 0.25) is 5.02 Å². The molecule has 2 aromatic carbocycles. The summed E-state index contributed by atoms with van der Waals surface area (Å²) in [4.78, 5) is 13.3. The minimum absolute atomic E-state index is 0.120. The number of aromatic nitrogens is 3. The average Bonchev–Trinajstić information content (AvgIpc) is 3.17. The molecule has 1 aliphatic rings. The molecule has 1 aliphatic heterocycles. The Labute approximate surface area is 190 Å². The molecule has 2 heterocycles.